The van der Waals surface area contributed by atoms with Gasteiger partial charge in [0.1, 0.15) is 5.69 Å². The van der Waals surface area contributed by atoms with Crippen LogP contribution in [-0.2, 0) is 0 Å². The molecular weight excluding hydrogens is 336 g/mol. The second-order valence-electron chi connectivity index (χ2n) is 6.49. The Kier molecular flexibility index (Phi) is 5.01. The van der Waals surface area contributed by atoms with E-state index in [1.54, 1.807) is 13.0 Å². The van der Waals surface area contributed by atoms with Crippen molar-refractivity contribution >= 4 is 23.5 Å². The van der Waals surface area contributed by atoms with Crippen molar-refractivity contribution in [3.8, 4) is 0 Å². The number of nitrogen functional groups attached to an aromatic ring is 1. The zero-order chi connectivity index (χ0) is 18.7. The summed E-state index contributed by atoms with van der Waals surface area (Å²) in [7, 11) is 0. The smallest absolute Gasteiger partial charge is 0.293 e. The first-order chi connectivity index (χ1) is 12.5. The van der Waals surface area contributed by atoms with Gasteiger partial charge in [0.25, 0.3) is 11.6 Å². The molecule has 0 radical (unpaired) electrons. The molecule has 138 valence electrons. The SMILES string of the molecule is Cc1nnc(NN=Cc2ccc(N3CCC(C)CC3)c([N+](=O)[O-])c2)n1N. The van der Waals surface area contributed by atoms with Crippen LogP contribution in [0.15, 0.2) is 23.3 Å². The van der Waals surface area contributed by atoms with Gasteiger partial charge in [-0.3, -0.25) is 10.1 Å². The Morgan fingerprint density at radius 1 is 1.38 bits per heavy atom. The molecule has 2 heterocycles. The first kappa shape index (κ1) is 17.6. The topological polar surface area (TPSA) is 128 Å². The fraction of sp³-hybridized carbons (Fsp3) is 0.438. The maximum absolute atomic E-state index is 11.5. The van der Waals surface area contributed by atoms with Gasteiger partial charge in [0, 0.05) is 24.7 Å². The van der Waals surface area contributed by atoms with Gasteiger partial charge < -0.3 is 10.7 Å². The van der Waals surface area contributed by atoms with Gasteiger partial charge in [-0.1, -0.05) is 13.0 Å². The largest absolute Gasteiger partial charge is 0.366 e. The van der Waals surface area contributed by atoms with Gasteiger partial charge in [-0.2, -0.15) is 5.10 Å². The highest BCUT2D eigenvalue weighted by Gasteiger charge is 2.23. The molecule has 2 aromatic rings. The summed E-state index contributed by atoms with van der Waals surface area (Å²) in [6.07, 6.45) is 3.58. The zero-order valence-electron chi connectivity index (χ0n) is 14.8. The van der Waals surface area contributed by atoms with E-state index < -0.39 is 0 Å². The third-order valence-electron chi connectivity index (χ3n) is 4.56. The predicted octanol–water partition coefficient (Wildman–Crippen LogP) is 1.89. The van der Waals surface area contributed by atoms with Gasteiger partial charge in [-0.25, -0.2) is 10.1 Å². The second kappa shape index (κ2) is 7.38. The van der Waals surface area contributed by atoms with E-state index in [9.17, 15) is 10.1 Å². The molecule has 0 atom stereocenters. The molecule has 3 rings (SSSR count). The monoisotopic (exact) mass is 358 g/mol. The quantitative estimate of drug-likeness (QED) is 0.361. The van der Waals surface area contributed by atoms with Crippen molar-refractivity contribution in [3.05, 3.63) is 39.7 Å². The summed E-state index contributed by atoms with van der Waals surface area (Å²) < 4.78 is 1.26. The molecule has 1 aromatic heterocycles. The number of hydrogen-bond donors (Lipinski definition) is 2. The van der Waals surface area contributed by atoms with Crippen molar-refractivity contribution in [3.63, 3.8) is 0 Å². The standard InChI is InChI=1S/C16H22N8O2/c1-11-5-7-22(8-6-11)14-4-3-13(9-15(14)24(25)26)10-18-20-16-21-19-12(2)23(16)17/h3-4,9-11H,5-8,17H2,1-2H3,(H,20,21). The molecule has 1 fully saturated rings. The summed E-state index contributed by atoms with van der Waals surface area (Å²) in [5.74, 6) is 7.21. The van der Waals surface area contributed by atoms with Crippen LogP contribution in [0.5, 0.6) is 0 Å². The molecule has 0 saturated carbocycles. The van der Waals surface area contributed by atoms with Crippen LogP contribution >= 0.6 is 0 Å². The van der Waals surface area contributed by atoms with Crippen molar-refractivity contribution < 1.29 is 4.92 Å². The molecule has 0 unspecified atom stereocenters. The molecule has 0 aliphatic carbocycles. The molecule has 0 spiro atoms. The summed E-state index contributed by atoms with van der Waals surface area (Å²) in [5.41, 5.74) is 4.02. The molecule has 10 nitrogen and oxygen atoms in total. The van der Waals surface area contributed by atoms with Crippen molar-refractivity contribution in [2.75, 3.05) is 29.3 Å². The van der Waals surface area contributed by atoms with Gasteiger partial charge >= 0.3 is 0 Å². The summed E-state index contributed by atoms with van der Waals surface area (Å²) in [5, 5.41) is 23.2. The Hall–Kier alpha value is -3.17. The predicted molar refractivity (Wildman–Crippen MR) is 99.8 cm³/mol. The van der Waals surface area contributed by atoms with Crippen LogP contribution in [0.2, 0.25) is 0 Å². The summed E-state index contributed by atoms with van der Waals surface area (Å²) >= 11 is 0. The number of rotatable bonds is 5. The van der Waals surface area contributed by atoms with E-state index in [1.807, 2.05) is 6.07 Å². The van der Waals surface area contributed by atoms with E-state index in [2.05, 4.69) is 32.5 Å². The Labute approximate surface area is 150 Å². The number of aryl methyl sites for hydroxylation is 1. The molecule has 10 heteroatoms. The minimum Gasteiger partial charge on any atom is -0.366 e. The summed E-state index contributed by atoms with van der Waals surface area (Å²) in [4.78, 5) is 13.2. The Bertz CT molecular complexity index is 824. The molecule has 26 heavy (non-hydrogen) atoms. The minimum atomic E-state index is -0.349. The lowest BCUT2D eigenvalue weighted by molar-refractivity contribution is -0.384. The highest BCUT2D eigenvalue weighted by atomic mass is 16.6. The second-order valence-corrected chi connectivity index (χ2v) is 6.49. The number of hydrogen-bond acceptors (Lipinski definition) is 8. The molecule has 1 aliphatic heterocycles. The maximum atomic E-state index is 11.5. The van der Waals surface area contributed by atoms with E-state index in [-0.39, 0.29) is 16.6 Å². The summed E-state index contributed by atoms with van der Waals surface area (Å²) in [6, 6.07) is 5.12. The van der Waals surface area contributed by atoms with Gasteiger partial charge in [0.2, 0.25) is 0 Å². The number of nitrogens with two attached hydrogens (primary N) is 1. The number of nitro groups is 1. The lowest BCUT2D eigenvalue weighted by atomic mass is 9.98. The van der Waals surface area contributed by atoms with Crippen molar-refractivity contribution in [1.82, 2.24) is 14.9 Å². The fourth-order valence-corrected chi connectivity index (χ4v) is 2.89. The minimum absolute atomic E-state index is 0.0846. The normalized spacial score (nSPS) is 15.5. The van der Waals surface area contributed by atoms with Crippen molar-refractivity contribution in [2.24, 2.45) is 11.0 Å². The third kappa shape index (κ3) is 3.73. The maximum Gasteiger partial charge on any atom is 0.293 e. The van der Waals surface area contributed by atoms with E-state index in [1.165, 1.54) is 17.0 Å². The number of aromatic nitrogens is 3. The van der Waals surface area contributed by atoms with E-state index in [0.717, 1.165) is 25.9 Å². The van der Waals surface area contributed by atoms with Gasteiger partial charge in [-0.05, 0) is 31.7 Å². The highest BCUT2D eigenvalue weighted by molar-refractivity contribution is 5.83. The molecule has 1 saturated heterocycles. The Balaban J connectivity index is 1.76. The molecule has 0 amide bonds. The molecule has 1 aromatic carbocycles. The molecular formula is C16H22N8O2. The number of hydrazone groups is 1. The number of nitrogens with zero attached hydrogens (tertiary/aromatic N) is 6. The first-order valence-corrected chi connectivity index (χ1v) is 8.45. The van der Waals surface area contributed by atoms with Crippen LogP contribution in [-0.4, -0.2) is 39.1 Å². The fourth-order valence-electron chi connectivity index (χ4n) is 2.89. The number of nitro benzene ring substituents is 1. The van der Waals surface area contributed by atoms with Crippen LogP contribution in [0.25, 0.3) is 0 Å². The third-order valence-corrected chi connectivity index (χ3v) is 4.56. The van der Waals surface area contributed by atoms with Crippen LogP contribution in [0.1, 0.15) is 31.2 Å². The van der Waals surface area contributed by atoms with E-state index in [0.29, 0.717) is 23.0 Å². The van der Waals surface area contributed by atoms with Crippen LogP contribution in [0.4, 0.5) is 17.3 Å². The number of benzene rings is 1. The van der Waals surface area contributed by atoms with E-state index in [4.69, 9.17) is 5.84 Å². The van der Waals surface area contributed by atoms with Crippen LogP contribution < -0.4 is 16.2 Å². The lowest BCUT2D eigenvalue weighted by Crippen LogP contribution is -2.33. The first-order valence-electron chi connectivity index (χ1n) is 8.45. The van der Waals surface area contributed by atoms with Gasteiger partial charge in [0.15, 0.2) is 5.82 Å². The number of piperidine rings is 1. The van der Waals surface area contributed by atoms with E-state index >= 15 is 0 Å². The molecule has 1 aliphatic rings. The Morgan fingerprint density at radius 3 is 2.73 bits per heavy atom. The Morgan fingerprint density at radius 2 is 2.12 bits per heavy atom. The summed E-state index contributed by atoms with van der Waals surface area (Å²) in [6.45, 7) is 5.60. The van der Waals surface area contributed by atoms with Gasteiger partial charge in [0.05, 0.1) is 11.1 Å². The van der Waals surface area contributed by atoms with Crippen molar-refractivity contribution in [2.45, 2.75) is 26.7 Å². The average Bonchev–Trinajstić information content (AvgIpc) is 2.94. The van der Waals surface area contributed by atoms with Crippen LogP contribution in [0.3, 0.4) is 0 Å². The molecule has 0 bridgehead atoms. The van der Waals surface area contributed by atoms with Crippen molar-refractivity contribution in [1.29, 1.82) is 0 Å². The highest BCUT2D eigenvalue weighted by Crippen LogP contribution is 2.32. The number of anilines is 2. The van der Waals surface area contributed by atoms with Crippen LogP contribution in [0, 0.1) is 23.0 Å². The molecule has 3 N–H and O–H groups in total. The lowest BCUT2D eigenvalue weighted by Gasteiger charge is -2.31. The van der Waals surface area contributed by atoms with Gasteiger partial charge in [-0.15, -0.1) is 10.2 Å². The zero-order valence-corrected chi connectivity index (χ0v) is 14.8. The average molecular weight is 358 g/mol. The number of nitrogens with one attached hydrogen (secondary N) is 1.